The molecule has 780 valence electrons. The van der Waals surface area contributed by atoms with Gasteiger partial charge in [-0.3, -0.25) is 61.7 Å². The molecule has 0 saturated carbocycles. The van der Waals surface area contributed by atoms with Gasteiger partial charge in [-0.15, -0.1) is 0 Å². The van der Waals surface area contributed by atoms with E-state index in [4.69, 9.17) is 67.3 Å². The van der Waals surface area contributed by atoms with E-state index >= 15 is 0 Å². The molecule has 0 spiro atoms. The minimum Gasteiger partial charge on any atom is -0.381 e. The molecule has 0 aliphatic carbocycles. The van der Waals surface area contributed by atoms with E-state index in [0.717, 1.165) is 331 Å². The van der Waals surface area contributed by atoms with Crippen LogP contribution < -0.4 is 24.9 Å². The SMILES string of the molecule is CC(=O)N1CCc2c(c(N3CCCc4cc(-c5cnn(C)c5)c(C5COC5)cc43)nn2C2CCOCC2)C1.CC(=O)N1CCc2c(c(N3CCCc4cc(-c5cnn(C)c5)c(Cl)cc43)nn2C2CCOCC2)C1.CC(=O)N1CCc2c(c(N3C[C@@H](C)Cc4cc(-c5cnn(C)c5)c(C#N)cc43)nn2C2CCOCC2)C1.CNC(=O)c1ccc(-c2cc3c(cc2Cl)N(c2nn(C4CCOCC4)c4c2CN(C(C)=O)CC4)CCC3)cn1. The summed E-state index contributed by atoms with van der Waals surface area (Å²) in [6.07, 6.45) is 31.4. The maximum atomic E-state index is 12.4. The van der Waals surface area contributed by atoms with E-state index < -0.39 is 0 Å². The molecular formula is C112H133Cl2N25O10. The fraction of sp³-hybridized carbons (Fsp3) is 0.500. The molecule has 12 aromatic rings. The third kappa shape index (κ3) is 20.2. The van der Waals surface area contributed by atoms with Crippen molar-refractivity contribution in [1.82, 2.24) is 98.4 Å². The van der Waals surface area contributed by atoms with Crippen molar-refractivity contribution in [2.24, 2.45) is 27.1 Å². The molecule has 35 nitrogen and oxygen atoms in total. The summed E-state index contributed by atoms with van der Waals surface area (Å²) < 4.78 is 42.6. The van der Waals surface area contributed by atoms with Gasteiger partial charge in [0, 0.05) is 324 Å². The third-order valence-corrected chi connectivity index (χ3v) is 33.1. The van der Waals surface area contributed by atoms with Gasteiger partial charge in [0.25, 0.3) is 5.91 Å². The van der Waals surface area contributed by atoms with Crippen molar-refractivity contribution in [3.63, 3.8) is 0 Å². The van der Waals surface area contributed by atoms with Crippen LogP contribution in [-0.2, 0) is 142 Å². The van der Waals surface area contributed by atoms with Gasteiger partial charge < -0.3 is 68.2 Å². The second kappa shape index (κ2) is 43.1. The molecule has 5 fully saturated rings. The van der Waals surface area contributed by atoms with Crippen LogP contribution in [0.3, 0.4) is 0 Å². The Balaban J connectivity index is 0.000000113. The number of carbonyl (C=O) groups excluding carboxylic acids is 5. The Kier molecular flexibility index (Phi) is 29.1. The van der Waals surface area contributed by atoms with Crippen LogP contribution in [0.4, 0.5) is 46.0 Å². The molecule has 8 aromatic heterocycles. The van der Waals surface area contributed by atoms with Crippen LogP contribution in [0.2, 0.25) is 10.0 Å². The number of anilines is 8. The van der Waals surface area contributed by atoms with Gasteiger partial charge >= 0.3 is 0 Å². The average molecular weight is 2060 g/mol. The van der Waals surface area contributed by atoms with Crippen molar-refractivity contribution in [3.8, 4) is 50.6 Å². The largest absolute Gasteiger partial charge is 0.381 e. The predicted octanol–water partition coefficient (Wildman–Crippen LogP) is 16.1. The first kappa shape index (κ1) is 100. The van der Waals surface area contributed by atoms with E-state index in [1.54, 1.807) is 56.4 Å². The zero-order valence-corrected chi connectivity index (χ0v) is 88.4. The molecular weight excluding hydrogens is 1930 g/mol. The molecule has 1 N–H and O–H groups in total. The predicted molar refractivity (Wildman–Crippen MR) is 568 cm³/mol. The van der Waals surface area contributed by atoms with Crippen LogP contribution in [0.1, 0.15) is 224 Å². The standard InChI is InChI=1S/C29H33ClN6O3.C29H36N6O3.C28H33N7O2.C26H31ClN6O2/c1-18(37)34-11-7-26-23(17-34)28(33-36(26)21-8-12-39-13-9-21)35-10-3-4-19-14-22(24(30)15-27(19)35)20-5-6-25(32-16-20)29(38)31-2;1-19(36)33-9-5-27-26(16-33)29(31-35(27)23-6-10-37-11-7-23)34-8-3-4-20-12-24(21-14-30-32(2)15-21)25(13-28(20)34)22-17-38-18-22;1-18-10-20-11-24(22-14-30-32(3)16-22)21(13-29)12-27(20)34(15-18)28-25-17-33(19(2)36)7-4-26(25)35(31-28)23-5-8-37-9-6-23;1-17(34)31-9-5-24-22(16-31)26(29-33(24)20-6-10-35-11-7-20)32-8-3-4-18-12-21(23(27)13-25(18)32)19-14-28-30(2)15-19/h5-6,14-16,21H,3-4,7-13,17H2,1-2H3,(H,31,38);12-15,22-23H,3-11,16-18H2,1-2H3;11-12,14,16,18,23H,4-10,15,17H2,1-3H3;12-15,20H,3-11,16H2,1-2H3/t;;18-;/m..0./s1. The molecule has 37 heteroatoms. The zero-order chi connectivity index (χ0) is 103. The van der Waals surface area contributed by atoms with Crippen LogP contribution in [0.5, 0.6) is 0 Å². The van der Waals surface area contributed by atoms with E-state index in [-0.39, 0.29) is 29.5 Å². The quantitative estimate of drug-likeness (QED) is 0.106. The Morgan fingerprint density at radius 3 is 1.09 bits per heavy atom. The lowest BCUT2D eigenvalue weighted by molar-refractivity contribution is -0.130. The first-order valence-electron chi connectivity index (χ1n) is 53.4. The number of halogens is 2. The number of nitriles is 1. The first-order valence-corrected chi connectivity index (χ1v) is 54.1. The smallest absolute Gasteiger partial charge is 0.269 e. The Labute approximate surface area is 878 Å². The van der Waals surface area contributed by atoms with Crippen LogP contribution >= 0.6 is 23.2 Å². The van der Waals surface area contributed by atoms with Gasteiger partial charge in [-0.1, -0.05) is 36.2 Å². The van der Waals surface area contributed by atoms with Gasteiger partial charge in [0.15, 0.2) is 23.3 Å². The summed E-state index contributed by atoms with van der Waals surface area (Å²) in [5, 5.41) is 48.2. The minimum absolute atomic E-state index is 0.0909. The van der Waals surface area contributed by atoms with Gasteiger partial charge in [0.2, 0.25) is 23.6 Å². The molecule has 0 radical (unpaired) electrons. The highest BCUT2D eigenvalue weighted by Crippen LogP contribution is 2.51. The highest BCUT2D eigenvalue weighted by Gasteiger charge is 2.42. The van der Waals surface area contributed by atoms with Crippen LogP contribution in [-0.4, -0.2) is 248 Å². The molecule has 21 heterocycles. The summed E-state index contributed by atoms with van der Waals surface area (Å²) in [5.41, 5.74) is 29.7. The van der Waals surface area contributed by atoms with Crippen molar-refractivity contribution in [3.05, 3.63) is 198 Å². The van der Waals surface area contributed by atoms with E-state index in [1.807, 2.05) is 94.6 Å². The van der Waals surface area contributed by atoms with Gasteiger partial charge in [-0.2, -0.15) is 41.0 Å². The van der Waals surface area contributed by atoms with Crippen molar-refractivity contribution >= 4 is 98.8 Å². The molecule has 149 heavy (non-hydrogen) atoms. The summed E-state index contributed by atoms with van der Waals surface area (Å²) in [6.45, 7) is 25.3. The highest BCUT2D eigenvalue weighted by atomic mass is 35.5. The Morgan fingerprint density at radius 1 is 0.403 bits per heavy atom. The lowest BCUT2D eigenvalue weighted by atomic mass is 9.86. The van der Waals surface area contributed by atoms with E-state index in [2.05, 4.69) is 120 Å². The monoisotopic (exact) mass is 2060 g/mol. The summed E-state index contributed by atoms with van der Waals surface area (Å²) in [4.78, 5) is 82.6. The summed E-state index contributed by atoms with van der Waals surface area (Å²) >= 11 is 13.7. The normalized spacial score (nSPS) is 19.0. The zero-order valence-electron chi connectivity index (χ0n) is 86.8. The number of aromatic nitrogens is 15. The number of nitrogens with one attached hydrogen (secondary N) is 1. The number of ether oxygens (including phenoxy) is 5. The number of hydrogen-bond donors (Lipinski definition) is 1. The third-order valence-electron chi connectivity index (χ3n) is 32.5. The fourth-order valence-electron chi connectivity index (χ4n) is 24.5. The topological polar surface area (TPSA) is 331 Å². The number of fused-ring (bicyclic) bond motifs is 8. The van der Waals surface area contributed by atoms with Gasteiger partial charge in [-0.25, -0.2) is 0 Å². The number of pyridine rings is 1. The number of aryl methyl sites for hydroxylation is 6. The molecule has 5 saturated heterocycles. The number of amides is 5. The van der Waals surface area contributed by atoms with E-state index in [1.165, 1.54) is 73.0 Å². The number of nitrogens with zero attached hydrogens (tertiary/aromatic N) is 24. The second-order valence-corrected chi connectivity index (χ2v) is 43.0. The molecule has 0 bridgehead atoms. The summed E-state index contributed by atoms with van der Waals surface area (Å²) in [5.74, 6) is 4.88. The Bertz CT molecular complexity index is 7110. The number of hydrogen-bond acceptors (Lipinski definition) is 23. The average Bonchev–Trinajstić information content (AvgIpc) is 1.63. The fourth-order valence-corrected chi connectivity index (χ4v) is 25.0. The maximum Gasteiger partial charge on any atom is 0.269 e. The second-order valence-electron chi connectivity index (χ2n) is 42.2. The van der Waals surface area contributed by atoms with Gasteiger partial charge in [0.05, 0.1) is 104 Å². The molecule has 4 aromatic carbocycles. The van der Waals surface area contributed by atoms with Crippen LogP contribution in [0, 0.1) is 17.2 Å². The van der Waals surface area contributed by atoms with Crippen LogP contribution in [0.25, 0.3) is 44.5 Å². The van der Waals surface area contributed by atoms with Crippen molar-refractivity contribution in [1.29, 1.82) is 5.26 Å². The molecule has 13 aliphatic heterocycles. The molecule has 5 amide bonds. The van der Waals surface area contributed by atoms with Crippen LogP contribution in [0.15, 0.2) is 104 Å². The maximum absolute atomic E-state index is 12.4. The Hall–Kier alpha value is -13.1. The summed E-state index contributed by atoms with van der Waals surface area (Å²) in [7, 11) is 7.36. The molecule has 1 atom stereocenters. The van der Waals surface area contributed by atoms with Crippen molar-refractivity contribution in [2.45, 2.75) is 213 Å². The highest BCUT2D eigenvalue weighted by molar-refractivity contribution is 6.34. The lowest BCUT2D eigenvalue weighted by Gasteiger charge is -2.35. The first-order chi connectivity index (χ1) is 72.4. The van der Waals surface area contributed by atoms with Crippen molar-refractivity contribution in [2.75, 3.05) is 145 Å². The van der Waals surface area contributed by atoms with E-state index in [9.17, 15) is 29.2 Å². The molecule has 25 rings (SSSR count). The van der Waals surface area contributed by atoms with Gasteiger partial charge in [0.1, 0.15) is 5.69 Å². The number of carbonyl (C=O) groups is 5. The van der Waals surface area contributed by atoms with Gasteiger partial charge in [-0.05, 0) is 190 Å². The lowest BCUT2D eigenvalue weighted by Crippen LogP contribution is -2.36. The van der Waals surface area contributed by atoms with Crippen molar-refractivity contribution < 1.29 is 47.7 Å². The van der Waals surface area contributed by atoms with E-state index in [0.29, 0.717) is 83.5 Å². The minimum atomic E-state index is -0.222. The summed E-state index contributed by atoms with van der Waals surface area (Å²) in [6, 6.07) is 24.8. The molecule has 13 aliphatic rings. The molecule has 0 unspecified atom stereocenters. The number of rotatable bonds is 14. The Morgan fingerprint density at radius 2 is 0.752 bits per heavy atom. The number of benzene rings is 4.